The molecule has 0 spiro atoms. The van der Waals surface area contributed by atoms with Crippen LogP contribution in [0.25, 0.3) is 0 Å². The summed E-state index contributed by atoms with van der Waals surface area (Å²) in [6.07, 6.45) is 1.73. The molecule has 0 amide bonds. The van der Waals surface area contributed by atoms with Crippen molar-refractivity contribution in [1.82, 2.24) is 14.8 Å². The topological polar surface area (TPSA) is 50.9 Å². The van der Waals surface area contributed by atoms with Crippen molar-refractivity contribution in [1.29, 1.82) is 0 Å². The molecule has 0 saturated heterocycles. The first-order valence-electron chi connectivity index (χ1n) is 6.00. The van der Waals surface area contributed by atoms with Crippen molar-refractivity contribution in [3.63, 3.8) is 0 Å². The Bertz CT molecular complexity index is 507. The second-order valence-electron chi connectivity index (χ2n) is 4.15. The number of aliphatic hydroxyl groups excluding tert-OH is 1. The van der Waals surface area contributed by atoms with Crippen LogP contribution < -0.4 is 0 Å². The molecular formula is C13H16BrN3O. The van der Waals surface area contributed by atoms with Crippen LogP contribution in [0.15, 0.2) is 28.7 Å². The zero-order chi connectivity index (χ0) is 13.0. The molecule has 1 aromatic carbocycles. The Labute approximate surface area is 115 Å². The molecule has 96 valence electrons. The molecule has 0 bridgehead atoms. The molecule has 0 aliphatic carbocycles. The van der Waals surface area contributed by atoms with Gasteiger partial charge >= 0.3 is 0 Å². The van der Waals surface area contributed by atoms with Gasteiger partial charge in [-0.25, -0.2) is 0 Å². The van der Waals surface area contributed by atoms with Gasteiger partial charge in [-0.15, -0.1) is 10.2 Å². The minimum absolute atomic E-state index is 0.0622. The first kappa shape index (κ1) is 13.2. The predicted molar refractivity (Wildman–Crippen MR) is 73.2 cm³/mol. The van der Waals surface area contributed by atoms with Gasteiger partial charge in [0.1, 0.15) is 12.4 Å². The summed E-state index contributed by atoms with van der Waals surface area (Å²) in [7, 11) is 0. The van der Waals surface area contributed by atoms with Crippen LogP contribution in [-0.4, -0.2) is 19.9 Å². The lowest BCUT2D eigenvalue weighted by atomic mass is 10.1. The summed E-state index contributed by atoms with van der Waals surface area (Å²) in [4.78, 5) is 0. The molecule has 4 nitrogen and oxygen atoms in total. The van der Waals surface area contributed by atoms with Gasteiger partial charge in [0.15, 0.2) is 5.82 Å². The Morgan fingerprint density at radius 3 is 2.44 bits per heavy atom. The zero-order valence-electron chi connectivity index (χ0n) is 10.3. The van der Waals surface area contributed by atoms with Gasteiger partial charge in [-0.05, 0) is 24.1 Å². The smallest absolute Gasteiger partial charge is 0.158 e. The average molecular weight is 310 g/mol. The van der Waals surface area contributed by atoms with E-state index >= 15 is 0 Å². The number of aromatic nitrogens is 3. The Balaban J connectivity index is 2.22. The van der Waals surface area contributed by atoms with Gasteiger partial charge in [0.2, 0.25) is 0 Å². The fraction of sp³-hybridized carbons (Fsp3) is 0.385. The minimum Gasteiger partial charge on any atom is -0.388 e. The fourth-order valence-electron chi connectivity index (χ4n) is 1.89. The van der Waals surface area contributed by atoms with Crippen molar-refractivity contribution in [2.75, 3.05) is 0 Å². The highest BCUT2D eigenvalue weighted by molar-refractivity contribution is 9.10. The highest BCUT2D eigenvalue weighted by atomic mass is 79.9. The molecule has 0 aliphatic heterocycles. The largest absolute Gasteiger partial charge is 0.388 e. The lowest BCUT2D eigenvalue weighted by Gasteiger charge is -2.07. The summed E-state index contributed by atoms with van der Waals surface area (Å²) < 4.78 is 3.07. The van der Waals surface area contributed by atoms with Crippen LogP contribution in [0.4, 0.5) is 0 Å². The van der Waals surface area contributed by atoms with Crippen molar-refractivity contribution in [3.8, 4) is 0 Å². The van der Waals surface area contributed by atoms with Crippen molar-refractivity contribution in [2.45, 2.75) is 32.9 Å². The van der Waals surface area contributed by atoms with Crippen molar-refractivity contribution < 1.29 is 5.11 Å². The number of halogens is 1. The van der Waals surface area contributed by atoms with Gasteiger partial charge in [-0.1, -0.05) is 35.0 Å². The normalized spacial score (nSPS) is 10.8. The number of rotatable bonds is 5. The second kappa shape index (κ2) is 6.11. The van der Waals surface area contributed by atoms with Gasteiger partial charge in [0.25, 0.3) is 0 Å². The third kappa shape index (κ3) is 2.97. The van der Waals surface area contributed by atoms with Crippen molar-refractivity contribution in [3.05, 3.63) is 46.0 Å². The number of benzene rings is 1. The van der Waals surface area contributed by atoms with Crippen LogP contribution in [0, 0.1) is 0 Å². The van der Waals surface area contributed by atoms with Crippen LogP contribution in [-0.2, 0) is 19.6 Å². The number of hydrogen-bond donors (Lipinski definition) is 1. The molecule has 0 fully saturated rings. The summed E-state index contributed by atoms with van der Waals surface area (Å²) in [6, 6.07) is 8.16. The molecule has 5 heteroatoms. The summed E-state index contributed by atoms with van der Waals surface area (Å²) >= 11 is 3.42. The van der Waals surface area contributed by atoms with Gasteiger partial charge in [0, 0.05) is 17.4 Å². The molecule has 0 unspecified atom stereocenters. The van der Waals surface area contributed by atoms with E-state index in [1.54, 1.807) is 0 Å². The molecule has 0 saturated carbocycles. The highest BCUT2D eigenvalue weighted by Gasteiger charge is 2.10. The maximum Gasteiger partial charge on any atom is 0.158 e. The monoisotopic (exact) mass is 309 g/mol. The average Bonchev–Trinajstić information content (AvgIpc) is 2.75. The summed E-state index contributed by atoms with van der Waals surface area (Å²) in [5.74, 6) is 1.55. The van der Waals surface area contributed by atoms with Gasteiger partial charge in [-0.2, -0.15) is 0 Å². The molecule has 2 rings (SSSR count). The quantitative estimate of drug-likeness (QED) is 0.923. The van der Waals surface area contributed by atoms with E-state index in [9.17, 15) is 5.11 Å². The first-order valence-corrected chi connectivity index (χ1v) is 6.80. The summed E-state index contributed by atoms with van der Waals surface area (Å²) in [6.45, 7) is 2.88. The SMILES string of the molecule is CCCn1c(CO)nnc1Cc1ccc(Br)cc1. The van der Waals surface area contributed by atoms with E-state index in [1.165, 1.54) is 5.56 Å². The number of hydrogen-bond acceptors (Lipinski definition) is 3. The molecule has 1 N–H and O–H groups in total. The van der Waals surface area contributed by atoms with Gasteiger partial charge in [0.05, 0.1) is 0 Å². The van der Waals surface area contributed by atoms with E-state index in [0.29, 0.717) is 5.82 Å². The highest BCUT2D eigenvalue weighted by Crippen LogP contribution is 2.14. The molecular weight excluding hydrogens is 294 g/mol. The number of nitrogens with zero attached hydrogens (tertiary/aromatic N) is 3. The molecule has 0 aliphatic rings. The lowest BCUT2D eigenvalue weighted by Crippen LogP contribution is -2.08. The maximum absolute atomic E-state index is 9.23. The molecule has 0 atom stereocenters. The number of aliphatic hydroxyl groups is 1. The Kier molecular flexibility index (Phi) is 4.49. The predicted octanol–water partition coefficient (Wildman–Crippen LogP) is 2.53. The van der Waals surface area contributed by atoms with Gasteiger partial charge in [-0.3, -0.25) is 0 Å². The van der Waals surface area contributed by atoms with Crippen molar-refractivity contribution in [2.24, 2.45) is 0 Å². The molecule has 1 heterocycles. The Morgan fingerprint density at radius 2 is 1.83 bits per heavy atom. The van der Waals surface area contributed by atoms with Crippen LogP contribution in [0.2, 0.25) is 0 Å². The lowest BCUT2D eigenvalue weighted by molar-refractivity contribution is 0.264. The first-order chi connectivity index (χ1) is 8.74. The van der Waals surface area contributed by atoms with Crippen LogP contribution >= 0.6 is 15.9 Å². The van der Waals surface area contributed by atoms with E-state index in [-0.39, 0.29) is 6.61 Å². The van der Waals surface area contributed by atoms with E-state index in [0.717, 1.165) is 29.7 Å². The second-order valence-corrected chi connectivity index (χ2v) is 5.06. The van der Waals surface area contributed by atoms with Crippen LogP contribution in [0.5, 0.6) is 0 Å². The maximum atomic E-state index is 9.23. The van der Waals surface area contributed by atoms with Crippen molar-refractivity contribution >= 4 is 15.9 Å². The molecule has 1 aromatic heterocycles. The van der Waals surface area contributed by atoms with E-state index in [2.05, 4.69) is 45.2 Å². The third-order valence-electron chi connectivity index (χ3n) is 2.77. The zero-order valence-corrected chi connectivity index (χ0v) is 11.9. The van der Waals surface area contributed by atoms with Crippen LogP contribution in [0.1, 0.15) is 30.6 Å². The molecule has 0 radical (unpaired) electrons. The third-order valence-corrected chi connectivity index (χ3v) is 3.30. The fourth-order valence-corrected chi connectivity index (χ4v) is 2.15. The Hall–Kier alpha value is -1.20. The van der Waals surface area contributed by atoms with Crippen LogP contribution in [0.3, 0.4) is 0 Å². The van der Waals surface area contributed by atoms with E-state index < -0.39 is 0 Å². The van der Waals surface area contributed by atoms with E-state index in [4.69, 9.17) is 0 Å². The van der Waals surface area contributed by atoms with Gasteiger partial charge < -0.3 is 9.67 Å². The summed E-state index contributed by atoms with van der Waals surface area (Å²) in [5.41, 5.74) is 1.19. The summed E-state index contributed by atoms with van der Waals surface area (Å²) in [5, 5.41) is 17.4. The molecule has 18 heavy (non-hydrogen) atoms. The minimum atomic E-state index is -0.0622. The van der Waals surface area contributed by atoms with E-state index in [1.807, 2.05) is 16.7 Å². The molecule has 2 aromatic rings. The standard InChI is InChI=1S/C13H16BrN3O/c1-2-7-17-12(15-16-13(17)9-18)8-10-3-5-11(14)6-4-10/h3-6,18H,2,7-9H2,1H3. The Morgan fingerprint density at radius 1 is 1.17 bits per heavy atom.